The Bertz CT molecular complexity index is 1410. The first-order valence-corrected chi connectivity index (χ1v) is 12.8. The second-order valence-corrected chi connectivity index (χ2v) is 9.73. The molecule has 2 aliphatic rings. The molecule has 2 aromatic rings. The molecule has 0 radical (unpaired) electrons. The molecule has 0 aliphatic carbocycles. The number of aromatic amines is 1. The summed E-state index contributed by atoms with van der Waals surface area (Å²) in [4.78, 5) is 50.9. The Morgan fingerprint density at radius 3 is 2.63 bits per heavy atom. The zero-order valence-electron chi connectivity index (χ0n) is 21.6. The summed E-state index contributed by atoms with van der Waals surface area (Å²) in [6.45, 7) is 0.183. The highest BCUT2D eigenvalue weighted by Crippen LogP contribution is 2.34. The minimum absolute atomic E-state index is 0.183. The third-order valence-corrected chi connectivity index (χ3v) is 6.75. The fraction of sp³-hybridized carbons (Fsp3) is 0.440. The topological polar surface area (TPSA) is 225 Å². The number of halogens is 1. The zero-order chi connectivity index (χ0) is 29.8. The average molecular weight is 597 g/mol. The minimum atomic E-state index is -1.78. The van der Waals surface area contributed by atoms with Crippen LogP contribution < -0.4 is 22.3 Å². The van der Waals surface area contributed by atoms with Crippen LogP contribution in [-0.4, -0.2) is 93.3 Å². The standard InChI is InChI=1S/C25H29ClN4O11/c1-38-18-17(34)23(30-8-6-15(32)29-25(30)37)40-19(18)20(21(27)35)41-24-16(33)13(31)10-14(39-24)22(36)28-7-5-11-3-2-4-12(26)9-11/h2-4,6,8-10,13,16-20,23-24,31,33-34H,5,7H2,1H3,(H2,27,35)(H,28,36)(H,29,32,37)/t13-,16-,17+,18-,19-,20+,23+,24+/m0/s1. The van der Waals surface area contributed by atoms with Crippen molar-refractivity contribution in [3.05, 3.63) is 79.8 Å². The van der Waals surface area contributed by atoms with Crippen molar-refractivity contribution in [1.29, 1.82) is 0 Å². The van der Waals surface area contributed by atoms with Crippen molar-refractivity contribution in [3.8, 4) is 0 Å². The Hall–Kier alpha value is -3.57. The molecular formula is C25H29ClN4O11. The lowest BCUT2D eigenvalue weighted by Crippen LogP contribution is -2.54. The maximum absolute atomic E-state index is 12.7. The predicted molar refractivity (Wildman–Crippen MR) is 139 cm³/mol. The van der Waals surface area contributed by atoms with E-state index in [0.717, 1.165) is 28.5 Å². The van der Waals surface area contributed by atoms with Gasteiger partial charge in [0, 0.05) is 30.9 Å². The van der Waals surface area contributed by atoms with E-state index in [1.807, 2.05) is 11.1 Å². The number of methoxy groups -OCH3 is 1. The number of aromatic nitrogens is 2. The van der Waals surface area contributed by atoms with Crippen LogP contribution in [0.15, 0.2) is 58.0 Å². The van der Waals surface area contributed by atoms with E-state index < -0.39 is 78.0 Å². The number of H-pyrrole nitrogens is 1. The first-order valence-electron chi connectivity index (χ1n) is 12.4. The van der Waals surface area contributed by atoms with Crippen LogP contribution in [0.4, 0.5) is 0 Å². The average Bonchev–Trinajstić information content (AvgIpc) is 3.24. The van der Waals surface area contributed by atoms with E-state index >= 15 is 0 Å². The number of hydrogen-bond donors (Lipinski definition) is 6. The van der Waals surface area contributed by atoms with Crippen LogP contribution in [0.5, 0.6) is 0 Å². The van der Waals surface area contributed by atoms with Crippen molar-refractivity contribution in [3.63, 3.8) is 0 Å². The van der Waals surface area contributed by atoms with Gasteiger partial charge in [-0.1, -0.05) is 23.7 Å². The number of nitrogens with one attached hydrogen (secondary N) is 2. The molecule has 2 amide bonds. The number of carbonyl (C=O) groups is 2. The van der Waals surface area contributed by atoms with Crippen LogP contribution in [0.3, 0.4) is 0 Å². The van der Waals surface area contributed by atoms with Crippen LogP contribution in [0, 0.1) is 0 Å². The van der Waals surface area contributed by atoms with Crippen LogP contribution >= 0.6 is 11.6 Å². The number of benzene rings is 1. The van der Waals surface area contributed by atoms with Gasteiger partial charge in [0.1, 0.15) is 30.5 Å². The molecule has 15 nitrogen and oxygen atoms in total. The molecule has 1 fully saturated rings. The van der Waals surface area contributed by atoms with Crippen LogP contribution in [-0.2, 0) is 35.0 Å². The molecule has 0 saturated carbocycles. The predicted octanol–water partition coefficient (Wildman–Crippen LogP) is -2.35. The van der Waals surface area contributed by atoms with Gasteiger partial charge in [-0.3, -0.25) is 23.9 Å². The van der Waals surface area contributed by atoms with Crippen molar-refractivity contribution in [2.24, 2.45) is 5.73 Å². The van der Waals surface area contributed by atoms with Gasteiger partial charge in [-0.25, -0.2) is 4.79 Å². The largest absolute Gasteiger partial charge is 0.456 e. The second kappa shape index (κ2) is 12.9. The lowest BCUT2D eigenvalue weighted by atomic mass is 10.0. The number of ether oxygens (including phenoxy) is 4. The van der Waals surface area contributed by atoms with Crippen molar-refractivity contribution < 1.29 is 43.9 Å². The van der Waals surface area contributed by atoms with E-state index in [9.17, 15) is 34.5 Å². The Balaban J connectivity index is 1.47. The van der Waals surface area contributed by atoms with E-state index in [-0.39, 0.29) is 6.54 Å². The first-order chi connectivity index (χ1) is 19.5. The van der Waals surface area contributed by atoms with Gasteiger partial charge in [0.05, 0.1) is 0 Å². The van der Waals surface area contributed by atoms with Gasteiger partial charge in [-0.15, -0.1) is 0 Å². The number of nitrogens with two attached hydrogens (primary N) is 1. The van der Waals surface area contributed by atoms with Gasteiger partial charge in [-0.05, 0) is 30.2 Å². The number of aliphatic hydroxyl groups excluding tert-OH is 3. The molecule has 1 saturated heterocycles. The monoisotopic (exact) mass is 596 g/mol. The fourth-order valence-corrected chi connectivity index (χ4v) is 4.70. The Morgan fingerprint density at radius 2 is 1.98 bits per heavy atom. The van der Waals surface area contributed by atoms with Gasteiger partial charge in [0.2, 0.25) is 12.2 Å². The molecule has 222 valence electrons. The van der Waals surface area contributed by atoms with E-state index in [1.54, 1.807) is 18.2 Å². The number of rotatable bonds is 10. The fourth-order valence-electron chi connectivity index (χ4n) is 4.49. The van der Waals surface area contributed by atoms with Crippen LogP contribution in [0.1, 0.15) is 11.8 Å². The minimum Gasteiger partial charge on any atom is -0.456 e. The molecule has 4 rings (SSSR count). The molecule has 2 aliphatic heterocycles. The summed E-state index contributed by atoms with van der Waals surface area (Å²) >= 11 is 5.97. The van der Waals surface area contributed by atoms with Gasteiger partial charge in [0.15, 0.2) is 18.1 Å². The summed E-state index contributed by atoms with van der Waals surface area (Å²) in [5.41, 5.74) is 4.82. The van der Waals surface area contributed by atoms with Gasteiger partial charge >= 0.3 is 5.69 Å². The van der Waals surface area contributed by atoms with Gasteiger partial charge in [-0.2, -0.15) is 0 Å². The molecule has 3 heterocycles. The summed E-state index contributed by atoms with van der Waals surface area (Å²) in [7, 11) is 1.20. The second-order valence-electron chi connectivity index (χ2n) is 9.29. The Kier molecular flexibility index (Phi) is 9.60. The van der Waals surface area contributed by atoms with Crippen LogP contribution in [0.2, 0.25) is 5.02 Å². The first kappa shape index (κ1) is 30.4. The SMILES string of the molecule is CO[C@H]1[C@@H](O)[C@H](n2ccc(=O)[nH]c2=O)O[C@@H]1[C@@H](O[C@H]1OC(C(=O)NCCc2cccc(Cl)c2)=C[C@H](O)[C@@H]1O)C(N)=O. The number of hydrogen-bond acceptors (Lipinski definition) is 11. The summed E-state index contributed by atoms with van der Waals surface area (Å²) < 4.78 is 22.9. The quantitative estimate of drug-likeness (QED) is 0.170. The number of amides is 2. The van der Waals surface area contributed by atoms with Crippen molar-refractivity contribution >= 4 is 23.4 Å². The van der Waals surface area contributed by atoms with E-state index in [0.29, 0.717) is 11.4 Å². The molecule has 0 bridgehead atoms. The van der Waals surface area contributed by atoms with E-state index in [2.05, 4.69) is 5.32 Å². The summed E-state index contributed by atoms with van der Waals surface area (Å²) in [5, 5.41) is 34.8. The maximum Gasteiger partial charge on any atom is 0.330 e. The molecule has 0 spiro atoms. The number of primary amides is 1. The van der Waals surface area contributed by atoms with Gasteiger partial charge in [0.25, 0.3) is 11.5 Å². The smallest absolute Gasteiger partial charge is 0.330 e. The zero-order valence-corrected chi connectivity index (χ0v) is 22.3. The van der Waals surface area contributed by atoms with Crippen LogP contribution in [0.25, 0.3) is 0 Å². The molecule has 41 heavy (non-hydrogen) atoms. The van der Waals surface area contributed by atoms with Crippen molar-refractivity contribution in [2.75, 3.05) is 13.7 Å². The summed E-state index contributed by atoms with van der Waals surface area (Å²) in [5.74, 6) is -2.26. The highest BCUT2D eigenvalue weighted by molar-refractivity contribution is 6.30. The summed E-state index contributed by atoms with van der Waals surface area (Å²) in [6, 6.07) is 8.08. The summed E-state index contributed by atoms with van der Waals surface area (Å²) in [6.07, 6.45) is -10.1. The number of carbonyl (C=O) groups excluding carboxylic acids is 2. The highest BCUT2D eigenvalue weighted by Gasteiger charge is 2.52. The normalized spacial score (nSPS) is 28.4. The number of aliphatic hydroxyl groups is 3. The molecule has 16 heteroatoms. The molecule has 1 aromatic heterocycles. The number of nitrogens with zero attached hydrogens (tertiary/aromatic N) is 1. The van der Waals surface area contributed by atoms with Crippen molar-refractivity contribution in [2.45, 2.75) is 55.6 Å². The highest BCUT2D eigenvalue weighted by atomic mass is 35.5. The van der Waals surface area contributed by atoms with E-state index in [4.69, 9.17) is 36.3 Å². The van der Waals surface area contributed by atoms with E-state index in [1.165, 1.54) is 7.11 Å². The Morgan fingerprint density at radius 1 is 1.22 bits per heavy atom. The molecule has 0 unspecified atom stereocenters. The molecule has 7 N–H and O–H groups in total. The maximum atomic E-state index is 12.7. The third-order valence-electron chi connectivity index (χ3n) is 6.51. The van der Waals surface area contributed by atoms with Gasteiger partial charge < -0.3 is 45.3 Å². The molecule has 1 aromatic carbocycles. The lowest BCUT2D eigenvalue weighted by molar-refractivity contribution is -0.241. The molecule has 8 atom stereocenters. The third kappa shape index (κ3) is 6.84. The van der Waals surface area contributed by atoms with Crippen molar-refractivity contribution in [1.82, 2.24) is 14.9 Å². The molecular weight excluding hydrogens is 568 g/mol. The lowest BCUT2D eigenvalue weighted by Gasteiger charge is -2.35. The Labute approximate surface area is 237 Å².